The Morgan fingerprint density at radius 3 is 2.92 bits per heavy atom. The quantitative estimate of drug-likeness (QED) is 0.626. The molecule has 0 radical (unpaired) electrons. The molecule has 0 aliphatic carbocycles. The molecule has 3 rings (SSSR count). The van der Waals surface area contributed by atoms with Gasteiger partial charge in [-0.2, -0.15) is 5.26 Å². The average Bonchev–Trinajstić information content (AvgIpc) is 3.01. The number of unbranched alkanes of at least 4 members (excludes halogenated alkanes) is 1. The van der Waals surface area contributed by atoms with E-state index in [1.54, 1.807) is 4.57 Å². The van der Waals surface area contributed by atoms with E-state index in [9.17, 15) is 14.9 Å². The SMILES string of the molecule is CCCCOC(=O)Cc1c(C#N)c(=O)n2c3c(c(C)ccc13)CC2. The average molecular weight is 324 g/mol. The van der Waals surface area contributed by atoms with Crippen LogP contribution in [0, 0.1) is 18.3 Å². The third-order valence-corrected chi connectivity index (χ3v) is 4.65. The number of hydrogen-bond donors (Lipinski definition) is 0. The van der Waals surface area contributed by atoms with Crippen LogP contribution in [0.2, 0.25) is 0 Å². The van der Waals surface area contributed by atoms with Gasteiger partial charge in [0.2, 0.25) is 0 Å². The third-order valence-electron chi connectivity index (χ3n) is 4.65. The number of pyridine rings is 1. The number of rotatable bonds is 5. The summed E-state index contributed by atoms with van der Waals surface area (Å²) in [7, 11) is 0. The molecule has 0 unspecified atom stereocenters. The molecule has 5 heteroatoms. The van der Waals surface area contributed by atoms with Crippen molar-refractivity contribution in [2.45, 2.75) is 46.1 Å². The smallest absolute Gasteiger partial charge is 0.310 e. The Labute approximate surface area is 140 Å². The van der Waals surface area contributed by atoms with Crippen molar-refractivity contribution in [1.82, 2.24) is 4.57 Å². The molecule has 0 bridgehead atoms. The fraction of sp³-hybridized carbons (Fsp3) is 0.421. The Bertz CT molecular complexity index is 919. The molecular formula is C19H20N2O3. The second-order valence-corrected chi connectivity index (χ2v) is 6.18. The van der Waals surface area contributed by atoms with E-state index < -0.39 is 0 Å². The van der Waals surface area contributed by atoms with Crippen LogP contribution in [-0.4, -0.2) is 17.1 Å². The second kappa shape index (κ2) is 6.48. The van der Waals surface area contributed by atoms with Gasteiger partial charge in [0.05, 0.1) is 18.5 Å². The third kappa shape index (κ3) is 2.58. The van der Waals surface area contributed by atoms with Gasteiger partial charge in [-0.3, -0.25) is 9.59 Å². The fourth-order valence-corrected chi connectivity index (χ4v) is 3.37. The minimum absolute atomic E-state index is 0.0400. The van der Waals surface area contributed by atoms with E-state index in [2.05, 4.69) is 0 Å². The van der Waals surface area contributed by atoms with Crippen LogP contribution >= 0.6 is 0 Å². The number of benzene rings is 1. The molecule has 0 saturated heterocycles. The van der Waals surface area contributed by atoms with Crippen molar-refractivity contribution in [2.24, 2.45) is 0 Å². The van der Waals surface area contributed by atoms with E-state index in [4.69, 9.17) is 4.74 Å². The summed E-state index contributed by atoms with van der Waals surface area (Å²) in [4.78, 5) is 24.8. The van der Waals surface area contributed by atoms with Gasteiger partial charge in [0.25, 0.3) is 5.56 Å². The zero-order chi connectivity index (χ0) is 17.3. The summed E-state index contributed by atoms with van der Waals surface area (Å²) in [5.41, 5.74) is 3.40. The van der Waals surface area contributed by atoms with E-state index in [0.717, 1.165) is 41.3 Å². The molecular weight excluding hydrogens is 304 g/mol. The first-order valence-electron chi connectivity index (χ1n) is 8.32. The minimum atomic E-state index is -0.389. The highest BCUT2D eigenvalue weighted by molar-refractivity contribution is 5.92. The minimum Gasteiger partial charge on any atom is -0.465 e. The lowest BCUT2D eigenvalue weighted by atomic mass is 9.97. The number of carbonyl (C=O) groups excluding carboxylic acids is 1. The molecule has 1 aromatic heterocycles. The summed E-state index contributed by atoms with van der Waals surface area (Å²) in [5, 5.41) is 10.3. The van der Waals surface area contributed by atoms with Crippen LogP contribution in [0.1, 0.15) is 42.0 Å². The van der Waals surface area contributed by atoms with Crippen molar-refractivity contribution >= 4 is 16.9 Å². The summed E-state index contributed by atoms with van der Waals surface area (Å²) in [6, 6.07) is 5.90. The van der Waals surface area contributed by atoms with Crippen LogP contribution in [0.3, 0.4) is 0 Å². The number of aryl methyl sites for hydroxylation is 3. The van der Waals surface area contributed by atoms with Gasteiger partial charge in [0, 0.05) is 11.9 Å². The van der Waals surface area contributed by atoms with Gasteiger partial charge in [-0.25, -0.2) is 0 Å². The van der Waals surface area contributed by atoms with Crippen LogP contribution in [-0.2, 0) is 28.9 Å². The highest BCUT2D eigenvalue weighted by Crippen LogP contribution is 2.30. The first kappa shape index (κ1) is 16.3. The maximum Gasteiger partial charge on any atom is 0.310 e. The maximum absolute atomic E-state index is 12.6. The molecule has 1 aliphatic heterocycles. The molecule has 2 aromatic rings. The standard InChI is InChI=1S/C19H20N2O3/c1-3-4-9-24-17(22)10-15-14-6-5-12(2)13-7-8-21(18(13)14)19(23)16(15)11-20/h5-6H,3-4,7-10H2,1-2H3. The number of nitrogens with zero attached hydrogens (tertiary/aromatic N) is 2. The van der Waals surface area contributed by atoms with E-state index >= 15 is 0 Å². The Hall–Kier alpha value is -2.61. The number of aromatic nitrogens is 1. The highest BCUT2D eigenvalue weighted by Gasteiger charge is 2.24. The zero-order valence-electron chi connectivity index (χ0n) is 14.0. The van der Waals surface area contributed by atoms with E-state index in [0.29, 0.717) is 18.7 Å². The Morgan fingerprint density at radius 2 is 2.21 bits per heavy atom. The van der Waals surface area contributed by atoms with Crippen LogP contribution in [0.4, 0.5) is 0 Å². The number of nitriles is 1. The van der Waals surface area contributed by atoms with Crippen LogP contribution in [0.15, 0.2) is 16.9 Å². The van der Waals surface area contributed by atoms with E-state index in [1.807, 2.05) is 32.0 Å². The van der Waals surface area contributed by atoms with Crippen molar-refractivity contribution in [3.63, 3.8) is 0 Å². The van der Waals surface area contributed by atoms with Crippen molar-refractivity contribution in [1.29, 1.82) is 5.26 Å². The number of carbonyl (C=O) groups is 1. The van der Waals surface area contributed by atoms with Gasteiger partial charge in [0.15, 0.2) is 0 Å². The molecule has 0 fully saturated rings. The number of hydrogen-bond acceptors (Lipinski definition) is 4. The monoisotopic (exact) mass is 324 g/mol. The Morgan fingerprint density at radius 1 is 1.42 bits per heavy atom. The maximum atomic E-state index is 12.6. The summed E-state index contributed by atoms with van der Waals surface area (Å²) < 4.78 is 6.89. The lowest BCUT2D eigenvalue weighted by Gasteiger charge is -2.13. The predicted molar refractivity (Wildman–Crippen MR) is 90.9 cm³/mol. The first-order valence-corrected chi connectivity index (χ1v) is 8.32. The summed E-state index contributed by atoms with van der Waals surface area (Å²) in [6.07, 6.45) is 2.50. The molecule has 0 N–H and O–H groups in total. The first-order chi connectivity index (χ1) is 11.6. The Kier molecular flexibility index (Phi) is 4.39. The summed E-state index contributed by atoms with van der Waals surface area (Å²) >= 11 is 0. The van der Waals surface area contributed by atoms with Crippen molar-refractivity contribution < 1.29 is 9.53 Å². The molecule has 24 heavy (non-hydrogen) atoms. The molecule has 5 nitrogen and oxygen atoms in total. The van der Waals surface area contributed by atoms with Crippen LogP contribution < -0.4 is 5.56 Å². The van der Waals surface area contributed by atoms with Crippen molar-refractivity contribution in [3.8, 4) is 6.07 Å². The number of ether oxygens (including phenoxy) is 1. The lowest BCUT2D eigenvalue weighted by molar-refractivity contribution is -0.142. The van der Waals surface area contributed by atoms with Gasteiger partial charge in [-0.15, -0.1) is 0 Å². The van der Waals surface area contributed by atoms with E-state index in [1.165, 1.54) is 0 Å². The number of esters is 1. The summed E-state index contributed by atoms with van der Waals surface area (Å²) in [6.45, 7) is 5.00. The van der Waals surface area contributed by atoms with Crippen LogP contribution in [0.5, 0.6) is 0 Å². The van der Waals surface area contributed by atoms with Crippen LogP contribution in [0.25, 0.3) is 10.9 Å². The van der Waals surface area contributed by atoms with Crippen molar-refractivity contribution in [2.75, 3.05) is 6.61 Å². The highest BCUT2D eigenvalue weighted by atomic mass is 16.5. The second-order valence-electron chi connectivity index (χ2n) is 6.18. The van der Waals surface area contributed by atoms with Gasteiger partial charge in [-0.05, 0) is 36.5 Å². The largest absolute Gasteiger partial charge is 0.465 e. The topological polar surface area (TPSA) is 72.1 Å². The van der Waals surface area contributed by atoms with Crippen molar-refractivity contribution in [3.05, 3.63) is 44.7 Å². The molecule has 0 spiro atoms. The molecule has 124 valence electrons. The molecule has 2 heterocycles. The van der Waals surface area contributed by atoms with Gasteiger partial charge in [0.1, 0.15) is 11.6 Å². The van der Waals surface area contributed by atoms with Gasteiger partial charge in [-0.1, -0.05) is 25.5 Å². The normalized spacial score (nSPS) is 12.4. The van der Waals surface area contributed by atoms with Gasteiger partial charge >= 0.3 is 5.97 Å². The Balaban J connectivity index is 2.12. The molecule has 0 amide bonds. The summed E-state index contributed by atoms with van der Waals surface area (Å²) in [5.74, 6) is -0.389. The predicted octanol–water partition coefficient (Wildman–Crippen LogP) is 2.62. The molecule has 0 saturated carbocycles. The molecule has 1 aliphatic rings. The zero-order valence-corrected chi connectivity index (χ0v) is 14.0. The lowest BCUT2D eigenvalue weighted by Crippen LogP contribution is -2.24. The fourth-order valence-electron chi connectivity index (χ4n) is 3.37. The van der Waals surface area contributed by atoms with Gasteiger partial charge < -0.3 is 9.30 Å². The van der Waals surface area contributed by atoms with E-state index in [-0.39, 0.29) is 23.5 Å². The molecule has 1 aromatic carbocycles. The molecule has 0 atom stereocenters.